The molecule has 0 aliphatic heterocycles. The summed E-state index contributed by atoms with van der Waals surface area (Å²) in [5.41, 5.74) is 1.58. The highest BCUT2D eigenvalue weighted by Gasteiger charge is 2.09. The molecular weight excluding hydrogens is 208 g/mol. The zero-order valence-electron chi connectivity index (χ0n) is 9.29. The van der Waals surface area contributed by atoms with Crippen LogP contribution in [0.3, 0.4) is 0 Å². The monoisotopic (exact) mass is 222 g/mol. The summed E-state index contributed by atoms with van der Waals surface area (Å²) in [5, 5.41) is 9.27. The molecule has 1 rings (SSSR count). The van der Waals surface area contributed by atoms with Crippen LogP contribution < -0.4 is 4.90 Å². The second-order valence-electron chi connectivity index (χ2n) is 3.64. The molecule has 2 nitrogen and oxygen atoms in total. The van der Waals surface area contributed by atoms with E-state index in [1.54, 1.807) is 6.07 Å². The van der Waals surface area contributed by atoms with Crippen molar-refractivity contribution in [2.24, 2.45) is 0 Å². The van der Waals surface area contributed by atoms with Gasteiger partial charge in [0.1, 0.15) is 6.07 Å². The summed E-state index contributed by atoms with van der Waals surface area (Å²) in [6.45, 7) is 4.30. The van der Waals surface area contributed by atoms with E-state index in [2.05, 4.69) is 24.8 Å². The van der Waals surface area contributed by atoms with Gasteiger partial charge in [-0.1, -0.05) is 18.5 Å². The van der Waals surface area contributed by atoms with Crippen LogP contribution in [0.4, 0.5) is 5.69 Å². The number of hydrogen-bond donors (Lipinski definition) is 0. The summed E-state index contributed by atoms with van der Waals surface area (Å²) in [7, 11) is 2.03. The van der Waals surface area contributed by atoms with Crippen molar-refractivity contribution in [2.75, 3.05) is 11.9 Å². The Morgan fingerprint density at radius 3 is 2.67 bits per heavy atom. The van der Waals surface area contributed by atoms with Crippen molar-refractivity contribution in [2.45, 2.75) is 26.3 Å². The van der Waals surface area contributed by atoms with E-state index >= 15 is 0 Å². The minimum absolute atomic E-state index is 0.467. The van der Waals surface area contributed by atoms with Crippen molar-refractivity contribution in [3.05, 3.63) is 28.8 Å². The topological polar surface area (TPSA) is 27.0 Å². The van der Waals surface area contributed by atoms with Crippen LogP contribution in [-0.2, 0) is 0 Å². The molecule has 0 aliphatic carbocycles. The number of rotatable bonds is 3. The fourth-order valence-corrected chi connectivity index (χ4v) is 1.56. The van der Waals surface area contributed by atoms with E-state index in [1.165, 1.54) is 0 Å². The number of nitrogens with zero attached hydrogens (tertiary/aromatic N) is 2. The summed E-state index contributed by atoms with van der Waals surface area (Å²) in [5.74, 6) is 0. The zero-order valence-corrected chi connectivity index (χ0v) is 10.0. The Bertz CT molecular complexity index is 382. The average molecular weight is 223 g/mol. The van der Waals surface area contributed by atoms with Crippen LogP contribution in [0.15, 0.2) is 18.2 Å². The molecule has 0 N–H and O–H groups in total. The van der Waals surface area contributed by atoms with Crippen LogP contribution in [0.2, 0.25) is 5.02 Å². The maximum atomic E-state index is 8.76. The molecule has 1 unspecified atom stereocenters. The van der Waals surface area contributed by atoms with Crippen molar-refractivity contribution in [1.29, 1.82) is 5.26 Å². The lowest BCUT2D eigenvalue weighted by Crippen LogP contribution is -2.27. The fourth-order valence-electron chi connectivity index (χ4n) is 1.34. The number of anilines is 1. The molecule has 1 aromatic rings. The third-order valence-corrected chi connectivity index (χ3v) is 3.05. The first-order valence-electron chi connectivity index (χ1n) is 5.02. The largest absolute Gasteiger partial charge is 0.372 e. The highest BCUT2D eigenvalue weighted by molar-refractivity contribution is 6.32. The second kappa shape index (κ2) is 5.04. The molecule has 15 heavy (non-hydrogen) atoms. The van der Waals surface area contributed by atoms with Crippen LogP contribution in [0.1, 0.15) is 25.8 Å². The molecule has 0 bridgehead atoms. The van der Waals surface area contributed by atoms with Gasteiger partial charge in [0.15, 0.2) is 0 Å². The Balaban J connectivity index is 2.98. The van der Waals surface area contributed by atoms with Crippen LogP contribution >= 0.6 is 11.6 Å². The molecule has 1 atom stereocenters. The summed E-state index contributed by atoms with van der Waals surface area (Å²) in [4.78, 5) is 2.16. The van der Waals surface area contributed by atoms with Crippen molar-refractivity contribution < 1.29 is 0 Å². The van der Waals surface area contributed by atoms with Gasteiger partial charge in [0.25, 0.3) is 0 Å². The Kier molecular flexibility index (Phi) is 3.99. The van der Waals surface area contributed by atoms with Gasteiger partial charge in [0.2, 0.25) is 0 Å². The van der Waals surface area contributed by atoms with Gasteiger partial charge in [0, 0.05) is 18.8 Å². The lowest BCUT2D eigenvalue weighted by Gasteiger charge is -2.26. The maximum absolute atomic E-state index is 8.76. The number of nitriles is 1. The Morgan fingerprint density at radius 2 is 2.20 bits per heavy atom. The molecule has 0 heterocycles. The van der Waals surface area contributed by atoms with Gasteiger partial charge in [-0.05, 0) is 31.5 Å². The normalized spacial score (nSPS) is 11.9. The lowest BCUT2D eigenvalue weighted by molar-refractivity contribution is 0.664. The average Bonchev–Trinajstić information content (AvgIpc) is 2.26. The number of hydrogen-bond acceptors (Lipinski definition) is 2. The van der Waals surface area contributed by atoms with Gasteiger partial charge >= 0.3 is 0 Å². The smallest absolute Gasteiger partial charge is 0.101 e. The van der Waals surface area contributed by atoms with Crippen molar-refractivity contribution >= 4 is 17.3 Å². The van der Waals surface area contributed by atoms with Crippen LogP contribution in [0, 0.1) is 11.3 Å². The van der Waals surface area contributed by atoms with E-state index in [1.807, 2.05) is 19.2 Å². The first kappa shape index (κ1) is 11.9. The predicted molar refractivity (Wildman–Crippen MR) is 64.3 cm³/mol. The Morgan fingerprint density at radius 1 is 1.53 bits per heavy atom. The maximum Gasteiger partial charge on any atom is 0.101 e. The van der Waals surface area contributed by atoms with E-state index in [4.69, 9.17) is 16.9 Å². The SMILES string of the molecule is CCC(C)N(C)c1ccc(C#N)c(Cl)c1. The zero-order chi connectivity index (χ0) is 11.4. The van der Waals surface area contributed by atoms with Gasteiger partial charge in [0.05, 0.1) is 10.6 Å². The van der Waals surface area contributed by atoms with Crippen LogP contribution in [0.25, 0.3) is 0 Å². The van der Waals surface area contributed by atoms with Crippen LogP contribution in [0.5, 0.6) is 0 Å². The van der Waals surface area contributed by atoms with Gasteiger partial charge in [-0.2, -0.15) is 5.26 Å². The van der Waals surface area contributed by atoms with Gasteiger partial charge in [-0.3, -0.25) is 0 Å². The van der Waals surface area contributed by atoms with Crippen molar-refractivity contribution in [3.63, 3.8) is 0 Å². The minimum atomic E-state index is 0.467. The fraction of sp³-hybridized carbons (Fsp3) is 0.417. The molecular formula is C12H15ClN2. The molecule has 0 radical (unpaired) electrons. The van der Waals surface area contributed by atoms with Crippen molar-refractivity contribution in [1.82, 2.24) is 0 Å². The highest BCUT2D eigenvalue weighted by atomic mass is 35.5. The standard InChI is InChI=1S/C12H15ClN2/c1-4-9(2)15(3)11-6-5-10(8-14)12(13)7-11/h5-7,9H,4H2,1-3H3. The first-order chi connectivity index (χ1) is 7.10. The van der Waals surface area contributed by atoms with Gasteiger partial charge in [-0.15, -0.1) is 0 Å². The lowest BCUT2D eigenvalue weighted by atomic mass is 10.1. The van der Waals surface area contributed by atoms with Gasteiger partial charge in [-0.25, -0.2) is 0 Å². The molecule has 0 aromatic heterocycles. The summed E-state index contributed by atoms with van der Waals surface area (Å²) in [6.07, 6.45) is 1.08. The minimum Gasteiger partial charge on any atom is -0.372 e. The third kappa shape index (κ3) is 2.64. The first-order valence-corrected chi connectivity index (χ1v) is 5.40. The Hall–Kier alpha value is -1.20. The van der Waals surface area contributed by atoms with Crippen LogP contribution in [-0.4, -0.2) is 13.1 Å². The summed E-state index contributed by atoms with van der Waals surface area (Å²) < 4.78 is 0. The second-order valence-corrected chi connectivity index (χ2v) is 4.05. The molecule has 0 saturated heterocycles. The molecule has 3 heteroatoms. The molecule has 0 spiro atoms. The molecule has 0 aliphatic rings. The molecule has 0 saturated carbocycles. The molecule has 0 amide bonds. The molecule has 0 fully saturated rings. The van der Waals surface area contributed by atoms with E-state index < -0.39 is 0 Å². The molecule has 80 valence electrons. The predicted octanol–water partition coefficient (Wildman–Crippen LogP) is 3.45. The van der Waals surface area contributed by atoms with Crippen molar-refractivity contribution in [3.8, 4) is 6.07 Å². The van der Waals surface area contributed by atoms with E-state index in [0.717, 1.165) is 12.1 Å². The third-order valence-electron chi connectivity index (χ3n) is 2.73. The van der Waals surface area contributed by atoms with E-state index in [0.29, 0.717) is 16.6 Å². The quantitative estimate of drug-likeness (QED) is 0.784. The van der Waals surface area contributed by atoms with E-state index in [-0.39, 0.29) is 0 Å². The Labute approximate surface area is 96.1 Å². The van der Waals surface area contributed by atoms with E-state index in [9.17, 15) is 0 Å². The summed E-state index contributed by atoms with van der Waals surface area (Å²) in [6, 6.07) is 8.05. The summed E-state index contributed by atoms with van der Waals surface area (Å²) >= 11 is 5.97. The van der Waals surface area contributed by atoms with Gasteiger partial charge < -0.3 is 4.90 Å². The molecule has 1 aromatic carbocycles. The number of halogens is 1. The highest BCUT2D eigenvalue weighted by Crippen LogP contribution is 2.24. The number of benzene rings is 1.